The maximum atomic E-state index is 12.1. The minimum atomic E-state index is -0.130. The number of hydrogen-bond donors (Lipinski definition) is 2. The molecule has 0 aliphatic rings. The maximum absolute atomic E-state index is 12.1. The zero-order valence-corrected chi connectivity index (χ0v) is 12.1. The summed E-state index contributed by atoms with van der Waals surface area (Å²) in [4.78, 5) is 14.2. The average molecular weight is 263 g/mol. The number of carbonyl (C=O) groups is 1. The van der Waals surface area contributed by atoms with Gasteiger partial charge in [-0.25, -0.2) is 0 Å². The van der Waals surface area contributed by atoms with Gasteiger partial charge in [-0.2, -0.15) is 0 Å². The van der Waals surface area contributed by atoms with Crippen LogP contribution >= 0.6 is 0 Å². The van der Waals surface area contributed by atoms with Crippen LogP contribution in [-0.2, 0) is 4.79 Å². The molecule has 1 atom stereocenters. The summed E-state index contributed by atoms with van der Waals surface area (Å²) in [5, 5.41) is 2.90. The minimum absolute atomic E-state index is 0.0174. The number of nitrogens with one attached hydrogen (secondary N) is 1. The predicted octanol–water partition coefficient (Wildman–Crippen LogP) is 2.72. The van der Waals surface area contributed by atoms with Crippen molar-refractivity contribution in [1.82, 2.24) is 4.90 Å². The van der Waals surface area contributed by atoms with Crippen molar-refractivity contribution in [2.24, 2.45) is 0 Å². The zero-order valence-electron chi connectivity index (χ0n) is 12.1. The van der Waals surface area contributed by atoms with Gasteiger partial charge in [-0.1, -0.05) is 19.8 Å². The number of likely N-dealkylation sites (N-methyl/N-ethyl adjacent to an activating group) is 1. The molecule has 3 N–H and O–H groups in total. The molecule has 0 aromatic heterocycles. The van der Waals surface area contributed by atoms with E-state index in [9.17, 15) is 4.79 Å². The van der Waals surface area contributed by atoms with E-state index in [4.69, 9.17) is 5.73 Å². The molecule has 0 saturated heterocycles. The number of amides is 1. The van der Waals surface area contributed by atoms with Gasteiger partial charge in [0.2, 0.25) is 5.91 Å². The van der Waals surface area contributed by atoms with Crippen LogP contribution in [0.25, 0.3) is 0 Å². The lowest BCUT2D eigenvalue weighted by molar-refractivity contribution is -0.120. The normalized spacial score (nSPS) is 12.4. The zero-order chi connectivity index (χ0) is 14.3. The van der Waals surface area contributed by atoms with Crippen LogP contribution in [0.1, 0.15) is 33.1 Å². The molecule has 0 aliphatic carbocycles. The van der Waals surface area contributed by atoms with Gasteiger partial charge >= 0.3 is 0 Å². The molecule has 0 fully saturated rings. The second-order valence-electron chi connectivity index (χ2n) is 4.97. The molecular formula is C15H25N3O. The number of benzene rings is 1. The average Bonchev–Trinajstić information content (AvgIpc) is 2.40. The molecule has 0 heterocycles. The van der Waals surface area contributed by atoms with E-state index in [1.54, 1.807) is 12.1 Å². The van der Waals surface area contributed by atoms with E-state index in [1.807, 2.05) is 26.1 Å². The highest BCUT2D eigenvalue weighted by molar-refractivity contribution is 5.94. The van der Waals surface area contributed by atoms with E-state index in [0.29, 0.717) is 5.69 Å². The first-order valence-corrected chi connectivity index (χ1v) is 6.91. The van der Waals surface area contributed by atoms with Crippen LogP contribution in [-0.4, -0.2) is 30.4 Å². The third-order valence-electron chi connectivity index (χ3n) is 3.33. The van der Waals surface area contributed by atoms with E-state index >= 15 is 0 Å². The molecule has 4 heteroatoms. The lowest BCUT2D eigenvalue weighted by atomic mass is 10.2. The Balaban J connectivity index is 2.45. The Bertz CT molecular complexity index is 389. The molecule has 1 rings (SSSR count). The van der Waals surface area contributed by atoms with Gasteiger partial charge in [-0.3, -0.25) is 9.69 Å². The Kier molecular flexibility index (Phi) is 6.36. The predicted molar refractivity (Wildman–Crippen MR) is 81.1 cm³/mol. The van der Waals surface area contributed by atoms with Crippen molar-refractivity contribution in [2.75, 3.05) is 24.6 Å². The summed E-state index contributed by atoms with van der Waals surface area (Å²) >= 11 is 0. The van der Waals surface area contributed by atoms with Crippen molar-refractivity contribution in [2.45, 2.75) is 39.2 Å². The number of nitrogens with zero attached hydrogens (tertiary/aromatic N) is 1. The Morgan fingerprint density at radius 2 is 1.95 bits per heavy atom. The summed E-state index contributed by atoms with van der Waals surface area (Å²) in [5.41, 5.74) is 7.09. The highest BCUT2D eigenvalue weighted by Crippen LogP contribution is 2.11. The fourth-order valence-corrected chi connectivity index (χ4v) is 1.82. The largest absolute Gasteiger partial charge is 0.399 e. The Labute approximate surface area is 116 Å². The number of unbranched alkanes of at least 4 members (excludes halogenated alkanes) is 2. The van der Waals surface area contributed by atoms with Crippen molar-refractivity contribution in [1.29, 1.82) is 0 Å². The molecule has 4 nitrogen and oxygen atoms in total. The molecule has 0 radical (unpaired) electrons. The highest BCUT2D eigenvalue weighted by Gasteiger charge is 2.17. The number of nitrogen functional groups attached to an aromatic ring is 1. The van der Waals surface area contributed by atoms with Crippen LogP contribution in [0, 0.1) is 0 Å². The second-order valence-corrected chi connectivity index (χ2v) is 4.97. The summed E-state index contributed by atoms with van der Waals surface area (Å²) in [6, 6.07) is 7.07. The molecule has 1 aromatic carbocycles. The van der Waals surface area contributed by atoms with Crippen LogP contribution in [0.5, 0.6) is 0 Å². The van der Waals surface area contributed by atoms with E-state index in [1.165, 1.54) is 12.8 Å². The first-order valence-electron chi connectivity index (χ1n) is 6.91. The van der Waals surface area contributed by atoms with Crippen molar-refractivity contribution in [3.8, 4) is 0 Å². The first-order chi connectivity index (χ1) is 9.04. The molecule has 1 aromatic rings. The third-order valence-corrected chi connectivity index (χ3v) is 3.33. The van der Waals surface area contributed by atoms with Gasteiger partial charge in [-0.15, -0.1) is 0 Å². The maximum Gasteiger partial charge on any atom is 0.241 e. The van der Waals surface area contributed by atoms with E-state index in [0.717, 1.165) is 18.7 Å². The lowest BCUT2D eigenvalue weighted by Crippen LogP contribution is -2.40. The molecule has 1 amide bonds. The van der Waals surface area contributed by atoms with Gasteiger partial charge in [0.05, 0.1) is 6.04 Å². The Morgan fingerprint density at radius 1 is 1.32 bits per heavy atom. The summed E-state index contributed by atoms with van der Waals surface area (Å²) in [5.74, 6) is 0.0174. The molecule has 0 aliphatic heterocycles. The summed E-state index contributed by atoms with van der Waals surface area (Å²) in [7, 11) is 1.99. The molecule has 106 valence electrons. The van der Waals surface area contributed by atoms with Crippen molar-refractivity contribution in [3.63, 3.8) is 0 Å². The van der Waals surface area contributed by atoms with Crippen molar-refractivity contribution < 1.29 is 4.79 Å². The van der Waals surface area contributed by atoms with Gasteiger partial charge in [0.25, 0.3) is 0 Å². The van der Waals surface area contributed by atoms with Gasteiger partial charge in [-0.05, 0) is 51.2 Å². The number of hydrogen-bond acceptors (Lipinski definition) is 3. The van der Waals surface area contributed by atoms with Gasteiger partial charge < -0.3 is 11.1 Å². The van der Waals surface area contributed by atoms with E-state index in [-0.39, 0.29) is 11.9 Å². The minimum Gasteiger partial charge on any atom is -0.399 e. The van der Waals surface area contributed by atoms with Crippen LogP contribution < -0.4 is 11.1 Å². The summed E-state index contributed by atoms with van der Waals surface area (Å²) < 4.78 is 0. The van der Waals surface area contributed by atoms with Crippen LogP contribution in [0.3, 0.4) is 0 Å². The summed E-state index contributed by atoms with van der Waals surface area (Å²) in [6.07, 6.45) is 3.53. The van der Waals surface area contributed by atoms with Gasteiger partial charge in [0.1, 0.15) is 0 Å². The topological polar surface area (TPSA) is 58.4 Å². The monoisotopic (exact) mass is 263 g/mol. The number of rotatable bonds is 7. The lowest BCUT2D eigenvalue weighted by Gasteiger charge is -2.23. The molecule has 1 unspecified atom stereocenters. The molecule has 0 bridgehead atoms. The molecular weight excluding hydrogens is 238 g/mol. The molecule has 0 spiro atoms. The Morgan fingerprint density at radius 3 is 2.53 bits per heavy atom. The number of nitrogens with two attached hydrogens (primary N) is 1. The van der Waals surface area contributed by atoms with Crippen LogP contribution in [0.15, 0.2) is 24.3 Å². The molecule has 19 heavy (non-hydrogen) atoms. The standard InChI is InChI=1S/C15H25N3O/c1-4-5-6-11-18(3)12(2)15(19)17-14-9-7-13(16)8-10-14/h7-10,12H,4-6,11,16H2,1-3H3,(H,17,19). The smallest absolute Gasteiger partial charge is 0.241 e. The summed E-state index contributed by atoms with van der Waals surface area (Å²) in [6.45, 7) is 5.06. The highest BCUT2D eigenvalue weighted by atomic mass is 16.2. The number of anilines is 2. The van der Waals surface area contributed by atoms with E-state index < -0.39 is 0 Å². The SMILES string of the molecule is CCCCCN(C)C(C)C(=O)Nc1ccc(N)cc1. The third kappa shape index (κ3) is 5.30. The second kappa shape index (κ2) is 7.79. The quantitative estimate of drug-likeness (QED) is 0.587. The van der Waals surface area contributed by atoms with Gasteiger partial charge in [0.15, 0.2) is 0 Å². The van der Waals surface area contributed by atoms with E-state index in [2.05, 4.69) is 17.1 Å². The van der Waals surface area contributed by atoms with Crippen molar-refractivity contribution in [3.05, 3.63) is 24.3 Å². The van der Waals surface area contributed by atoms with Crippen molar-refractivity contribution >= 4 is 17.3 Å². The Hall–Kier alpha value is -1.55. The number of carbonyl (C=O) groups excluding carboxylic acids is 1. The van der Waals surface area contributed by atoms with Crippen LogP contribution in [0.2, 0.25) is 0 Å². The first kappa shape index (κ1) is 15.5. The van der Waals surface area contributed by atoms with Gasteiger partial charge in [0, 0.05) is 11.4 Å². The van der Waals surface area contributed by atoms with Crippen LogP contribution in [0.4, 0.5) is 11.4 Å². The molecule has 0 saturated carbocycles. The fourth-order valence-electron chi connectivity index (χ4n) is 1.82. The fraction of sp³-hybridized carbons (Fsp3) is 0.533.